The van der Waals surface area contributed by atoms with Crippen LogP contribution >= 0.6 is 27.3 Å². The van der Waals surface area contributed by atoms with Crippen molar-refractivity contribution in [3.63, 3.8) is 0 Å². The topological polar surface area (TPSA) is 52.3 Å². The average molecular weight is 340 g/mol. The van der Waals surface area contributed by atoms with Crippen molar-refractivity contribution in [1.29, 1.82) is 0 Å². The molecule has 0 bridgehead atoms. The van der Waals surface area contributed by atoms with Gasteiger partial charge in [-0.05, 0) is 52.7 Å². The number of nitrogen functional groups attached to an aromatic ring is 1. The van der Waals surface area contributed by atoms with Crippen LogP contribution in [0, 0.1) is 0 Å². The van der Waals surface area contributed by atoms with Gasteiger partial charge in [0.1, 0.15) is 6.61 Å². The minimum atomic E-state index is -0.370. The van der Waals surface area contributed by atoms with Gasteiger partial charge < -0.3 is 10.5 Å². The zero-order chi connectivity index (χ0) is 13.8. The lowest BCUT2D eigenvalue weighted by Crippen LogP contribution is -2.06. The summed E-state index contributed by atoms with van der Waals surface area (Å²) in [5, 5.41) is 0. The molecular formula is C14H14BrNO2S. The van der Waals surface area contributed by atoms with Gasteiger partial charge in [-0.1, -0.05) is 6.92 Å². The number of carbonyl (C=O) groups excluding carboxylic acids is 1. The summed E-state index contributed by atoms with van der Waals surface area (Å²) in [7, 11) is 0. The number of aryl methyl sites for hydroxylation is 1. The Labute approximate surface area is 124 Å². The normalized spacial score (nSPS) is 10.4. The molecule has 0 fully saturated rings. The highest BCUT2D eigenvalue weighted by atomic mass is 79.9. The molecule has 5 heteroatoms. The van der Waals surface area contributed by atoms with E-state index in [2.05, 4.69) is 28.9 Å². The second-order valence-corrected chi connectivity index (χ2v) is 6.14. The Morgan fingerprint density at radius 1 is 1.32 bits per heavy atom. The van der Waals surface area contributed by atoms with E-state index in [0.29, 0.717) is 22.3 Å². The lowest BCUT2D eigenvalue weighted by Gasteiger charge is -2.06. The van der Waals surface area contributed by atoms with E-state index >= 15 is 0 Å². The lowest BCUT2D eigenvalue weighted by molar-refractivity contribution is 0.0476. The molecule has 0 aliphatic rings. The monoisotopic (exact) mass is 339 g/mol. The first-order valence-electron chi connectivity index (χ1n) is 5.90. The number of rotatable bonds is 4. The molecule has 0 aliphatic heterocycles. The molecular weight excluding hydrogens is 326 g/mol. The number of carbonyl (C=O) groups is 1. The highest BCUT2D eigenvalue weighted by Gasteiger charge is 2.12. The fourth-order valence-electron chi connectivity index (χ4n) is 1.60. The lowest BCUT2D eigenvalue weighted by atomic mass is 10.2. The van der Waals surface area contributed by atoms with Gasteiger partial charge in [-0.3, -0.25) is 0 Å². The van der Waals surface area contributed by atoms with E-state index in [1.807, 2.05) is 6.07 Å². The highest BCUT2D eigenvalue weighted by Crippen LogP contribution is 2.22. The molecule has 0 spiro atoms. The smallest absolute Gasteiger partial charge is 0.339 e. The quantitative estimate of drug-likeness (QED) is 0.676. The molecule has 1 heterocycles. The summed E-state index contributed by atoms with van der Waals surface area (Å²) in [5.74, 6) is -0.370. The third-order valence-corrected chi connectivity index (χ3v) is 4.52. The maximum atomic E-state index is 12.0. The maximum Gasteiger partial charge on any atom is 0.339 e. The molecule has 0 aliphatic carbocycles. The Kier molecular flexibility index (Phi) is 4.61. The first-order valence-corrected chi connectivity index (χ1v) is 7.51. The Bertz CT molecular complexity index is 595. The van der Waals surface area contributed by atoms with Gasteiger partial charge in [0.15, 0.2) is 0 Å². The van der Waals surface area contributed by atoms with Gasteiger partial charge in [0.25, 0.3) is 0 Å². The number of ether oxygens (including phenoxy) is 1. The van der Waals surface area contributed by atoms with Crippen molar-refractivity contribution < 1.29 is 9.53 Å². The minimum absolute atomic E-state index is 0.296. The zero-order valence-electron chi connectivity index (χ0n) is 10.5. The van der Waals surface area contributed by atoms with Gasteiger partial charge in [-0.2, -0.15) is 0 Å². The van der Waals surface area contributed by atoms with Crippen molar-refractivity contribution in [1.82, 2.24) is 0 Å². The zero-order valence-corrected chi connectivity index (χ0v) is 12.9. The van der Waals surface area contributed by atoms with Crippen LogP contribution in [0.3, 0.4) is 0 Å². The molecule has 0 saturated carbocycles. The number of hydrogen-bond acceptors (Lipinski definition) is 4. The van der Waals surface area contributed by atoms with Crippen molar-refractivity contribution in [2.45, 2.75) is 20.0 Å². The molecule has 2 aromatic rings. The largest absolute Gasteiger partial charge is 0.456 e. The van der Waals surface area contributed by atoms with Crippen molar-refractivity contribution in [2.75, 3.05) is 5.73 Å². The Morgan fingerprint density at radius 3 is 2.74 bits per heavy atom. The van der Waals surface area contributed by atoms with Gasteiger partial charge in [-0.25, -0.2) is 4.79 Å². The van der Waals surface area contributed by atoms with Crippen LogP contribution in [-0.4, -0.2) is 5.97 Å². The summed E-state index contributed by atoms with van der Waals surface area (Å²) in [5.41, 5.74) is 6.66. The van der Waals surface area contributed by atoms with Gasteiger partial charge in [0.2, 0.25) is 0 Å². The van der Waals surface area contributed by atoms with E-state index in [4.69, 9.17) is 10.5 Å². The van der Waals surface area contributed by atoms with Crippen LogP contribution in [0.25, 0.3) is 0 Å². The second kappa shape index (κ2) is 6.21. The van der Waals surface area contributed by atoms with E-state index in [0.717, 1.165) is 11.3 Å². The van der Waals surface area contributed by atoms with E-state index in [-0.39, 0.29) is 5.97 Å². The SMILES string of the molecule is CCc1ccc(COC(=O)c2cc(N)ccc2Br)s1. The molecule has 0 saturated heterocycles. The molecule has 19 heavy (non-hydrogen) atoms. The Hall–Kier alpha value is -1.33. The minimum Gasteiger partial charge on any atom is -0.456 e. The predicted molar refractivity (Wildman–Crippen MR) is 81.4 cm³/mol. The molecule has 1 aromatic carbocycles. The van der Waals surface area contributed by atoms with Gasteiger partial charge in [0.05, 0.1) is 5.56 Å². The maximum absolute atomic E-state index is 12.0. The Morgan fingerprint density at radius 2 is 2.05 bits per heavy atom. The van der Waals surface area contributed by atoms with Gasteiger partial charge in [-0.15, -0.1) is 11.3 Å². The molecule has 0 amide bonds. The van der Waals surface area contributed by atoms with Crippen molar-refractivity contribution in [3.05, 3.63) is 50.1 Å². The van der Waals surface area contributed by atoms with Crippen LogP contribution in [0.1, 0.15) is 27.0 Å². The molecule has 1 aromatic heterocycles. The molecule has 0 atom stereocenters. The number of halogens is 1. The predicted octanol–water partition coefficient (Wildman–Crippen LogP) is 4.01. The molecule has 100 valence electrons. The van der Waals surface area contributed by atoms with Crippen LogP contribution in [0.5, 0.6) is 0 Å². The standard InChI is InChI=1S/C14H14BrNO2S/c1-2-10-4-5-11(19-10)8-18-14(17)12-7-9(16)3-6-13(12)15/h3-7H,2,8,16H2,1H3. The molecule has 2 N–H and O–H groups in total. The third kappa shape index (κ3) is 3.58. The summed E-state index contributed by atoms with van der Waals surface area (Å²) in [6, 6.07) is 9.13. The first kappa shape index (κ1) is 14.1. The van der Waals surface area contributed by atoms with Crippen LogP contribution in [-0.2, 0) is 17.8 Å². The number of esters is 1. The molecule has 2 rings (SSSR count). The van der Waals surface area contributed by atoms with Crippen molar-refractivity contribution in [3.8, 4) is 0 Å². The molecule has 3 nitrogen and oxygen atoms in total. The number of benzene rings is 1. The third-order valence-electron chi connectivity index (χ3n) is 2.62. The van der Waals surface area contributed by atoms with Crippen molar-refractivity contribution in [2.24, 2.45) is 0 Å². The van der Waals surface area contributed by atoms with E-state index in [9.17, 15) is 4.79 Å². The fraction of sp³-hybridized carbons (Fsp3) is 0.214. The second-order valence-electron chi connectivity index (χ2n) is 4.04. The number of thiophene rings is 1. The van der Waals surface area contributed by atoms with E-state index < -0.39 is 0 Å². The summed E-state index contributed by atoms with van der Waals surface area (Å²) in [6.45, 7) is 2.40. The Balaban J connectivity index is 2.03. The molecule has 0 unspecified atom stereocenters. The van der Waals surface area contributed by atoms with E-state index in [1.165, 1.54) is 4.88 Å². The molecule has 0 radical (unpaired) electrons. The number of nitrogens with two attached hydrogens (primary N) is 1. The first-order chi connectivity index (χ1) is 9.10. The van der Waals surface area contributed by atoms with Crippen LogP contribution < -0.4 is 5.73 Å². The summed E-state index contributed by atoms with van der Waals surface area (Å²) in [6.07, 6.45) is 0.999. The summed E-state index contributed by atoms with van der Waals surface area (Å²) >= 11 is 4.98. The number of anilines is 1. The highest BCUT2D eigenvalue weighted by molar-refractivity contribution is 9.10. The summed E-state index contributed by atoms with van der Waals surface area (Å²) < 4.78 is 5.98. The average Bonchev–Trinajstić information content (AvgIpc) is 2.87. The van der Waals surface area contributed by atoms with Crippen LogP contribution in [0.4, 0.5) is 5.69 Å². The van der Waals surface area contributed by atoms with Gasteiger partial charge >= 0.3 is 5.97 Å². The van der Waals surface area contributed by atoms with Crippen LogP contribution in [0.15, 0.2) is 34.8 Å². The van der Waals surface area contributed by atoms with Crippen LogP contribution in [0.2, 0.25) is 0 Å². The summed E-state index contributed by atoms with van der Waals surface area (Å²) in [4.78, 5) is 14.3. The van der Waals surface area contributed by atoms with Gasteiger partial charge in [0, 0.05) is 19.9 Å². The number of hydrogen-bond donors (Lipinski definition) is 1. The van der Waals surface area contributed by atoms with Crippen molar-refractivity contribution >= 4 is 38.9 Å². The fourth-order valence-corrected chi connectivity index (χ4v) is 2.88. The van der Waals surface area contributed by atoms with E-state index in [1.54, 1.807) is 29.5 Å².